The van der Waals surface area contributed by atoms with Crippen LogP contribution in [0.25, 0.3) is 0 Å². The SMILES string of the molecule is Cc1ccc(S(=O)(=O)N2CC[C@H](O)[C@@](CC3CC3)(C(=O)O)C2)s1. The summed E-state index contributed by atoms with van der Waals surface area (Å²) in [5, 5.41) is 20.0. The lowest BCUT2D eigenvalue weighted by Crippen LogP contribution is -2.57. The fraction of sp³-hybridized carbons (Fsp3) is 0.667. The lowest BCUT2D eigenvalue weighted by molar-refractivity contribution is -0.162. The van der Waals surface area contributed by atoms with Gasteiger partial charge >= 0.3 is 5.97 Å². The number of aliphatic hydroxyl groups is 1. The number of sulfonamides is 1. The number of carbonyl (C=O) groups is 1. The normalized spacial score (nSPS) is 29.6. The van der Waals surface area contributed by atoms with E-state index in [9.17, 15) is 23.4 Å². The van der Waals surface area contributed by atoms with Crippen molar-refractivity contribution in [1.29, 1.82) is 0 Å². The van der Waals surface area contributed by atoms with Gasteiger partial charge in [-0.15, -0.1) is 11.3 Å². The second kappa shape index (κ2) is 5.84. The lowest BCUT2D eigenvalue weighted by Gasteiger charge is -2.42. The van der Waals surface area contributed by atoms with E-state index in [1.807, 2.05) is 6.92 Å². The summed E-state index contributed by atoms with van der Waals surface area (Å²) in [7, 11) is -3.71. The smallest absolute Gasteiger partial charge is 0.313 e. The number of rotatable bonds is 5. The Labute approximate surface area is 139 Å². The van der Waals surface area contributed by atoms with Crippen molar-refractivity contribution < 1.29 is 23.4 Å². The Morgan fingerprint density at radius 1 is 1.39 bits per heavy atom. The molecule has 2 aliphatic rings. The quantitative estimate of drug-likeness (QED) is 0.834. The van der Waals surface area contributed by atoms with Gasteiger partial charge in [-0.25, -0.2) is 8.42 Å². The van der Waals surface area contributed by atoms with E-state index in [1.165, 1.54) is 15.6 Å². The van der Waals surface area contributed by atoms with Crippen LogP contribution in [-0.4, -0.2) is 48.1 Å². The van der Waals surface area contributed by atoms with Gasteiger partial charge in [0.2, 0.25) is 0 Å². The highest BCUT2D eigenvalue weighted by molar-refractivity contribution is 7.91. The number of hydrogen-bond donors (Lipinski definition) is 2. The first kappa shape index (κ1) is 16.9. The van der Waals surface area contributed by atoms with Crippen molar-refractivity contribution in [2.24, 2.45) is 11.3 Å². The molecule has 0 radical (unpaired) electrons. The second-order valence-electron chi connectivity index (χ2n) is 6.62. The molecule has 1 saturated carbocycles. The Morgan fingerprint density at radius 2 is 2.09 bits per heavy atom. The average Bonchev–Trinajstić information content (AvgIpc) is 3.18. The van der Waals surface area contributed by atoms with Crippen LogP contribution in [0.3, 0.4) is 0 Å². The summed E-state index contributed by atoms with van der Waals surface area (Å²) < 4.78 is 27.0. The molecule has 2 fully saturated rings. The molecule has 1 aliphatic heterocycles. The van der Waals surface area contributed by atoms with Crippen molar-refractivity contribution in [1.82, 2.24) is 4.31 Å². The summed E-state index contributed by atoms with van der Waals surface area (Å²) in [5.74, 6) is -0.813. The molecule has 3 rings (SSSR count). The molecule has 2 N–H and O–H groups in total. The summed E-state index contributed by atoms with van der Waals surface area (Å²) in [5.41, 5.74) is -1.39. The topological polar surface area (TPSA) is 94.9 Å². The van der Waals surface area contributed by atoms with E-state index < -0.39 is 27.5 Å². The Morgan fingerprint density at radius 3 is 2.61 bits per heavy atom. The van der Waals surface area contributed by atoms with Crippen molar-refractivity contribution in [3.63, 3.8) is 0 Å². The maximum atomic E-state index is 12.8. The van der Waals surface area contributed by atoms with Crippen LogP contribution in [0.1, 0.15) is 30.6 Å². The first-order valence-electron chi connectivity index (χ1n) is 7.74. The number of hydrogen-bond acceptors (Lipinski definition) is 5. The van der Waals surface area contributed by atoms with Crippen molar-refractivity contribution in [2.45, 2.75) is 42.9 Å². The van der Waals surface area contributed by atoms with Gasteiger partial charge in [0.25, 0.3) is 10.0 Å². The Hall–Kier alpha value is -0.960. The molecule has 2 heterocycles. The number of aliphatic hydroxyl groups excluding tert-OH is 1. The Kier molecular flexibility index (Phi) is 4.29. The molecule has 0 aromatic carbocycles. The van der Waals surface area contributed by atoms with E-state index >= 15 is 0 Å². The maximum Gasteiger partial charge on any atom is 0.313 e. The maximum absolute atomic E-state index is 12.8. The van der Waals surface area contributed by atoms with Gasteiger partial charge in [0.05, 0.1) is 6.10 Å². The molecule has 0 amide bonds. The third-order valence-corrected chi connectivity index (χ3v) is 8.15. The molecule has 1 saturated heterocycles. The highest BCUT2D eigenvalue weighted by Gasteiger charge is 2.53. The van der Waals surface area contributed by atoms with Gasteiger partial charge in [-0.1, -0.05) is 12.8 Å². The number of carboxylic acid groups (broad SMARTS) is 1. The van der Waals surface area contributed by atoms with E-state index in [1.54, 1.807) is 12.1 Å². The minimum atomic E-state index is -3.71. The number of piperidine rings is 1. The van der Waals surface area contributed by atoms with Crippen LogP contribution in [-0.2, 0) is 14.8 Å². The molecule has 1 aromatic rings. The largest absolute Gasteiger partial charge is 0.481 e. The van der Waals surface area contributed by atoms with Gasteiger partial charge in [-0.2, -0.15) is 4.31 Å². The van der Waals surface area contributed by atoms with E-state index in [4.69, 9.17) is 0 Å². The summed E-state index contributed by atoms with van der Waals surface area (Å²) in [6.07, 6.45) is 1.41. The van der Waals surface area contributed by atoms with Crippen LogP contribution in [0, 0.1) is 18.3 Å². The van der Waals surface area contributed by atoms with Crippen molar-refractivity contribution in [3.8, 4) is 0 Å². The third-order valence-electron chi connectivity index (χ3n) is 4.83. The van der Waals surface area contributed by atoms with Crippen LogP contribution in [0.5, 0.6) is 0 Å². The summed E-state index contributed by atoms with van der Waals surface area (Å²) in [4.78, 5) is 12.8. The highest BCUT2D eigenvalue weighted by atomic mass is 32.2. The monoisotopic (exact) mass is 359 g/mol. The van der Waals surface area contributed by atoms with Crippen molar-refractivity contribution in [2.75, 3.05) is 13.1 Å². The molecule has 6 nitrogen and oxygen atoms in total. The zero-order valence-electron chi connectivity index (χ0n) is 12.9. The summed E-state index contributed by atoms with van der Waals surface area (Å²) >= 11 is 1.18. The molecule has 23 heavy (non-hydrogen) atoms. The van der Waals surface area contributed by atoms with Gasteiger partial charge in [-0.3, -0.25) is 4.79 Å². The van der Waals surface area contributed by atoms with E-state index in [2.05, 4.69) is 0 Å². The fourth-order valence-electron chi connectivity index (χ4n) is 3.26. The molecular formula is C15H21NO5S2. The average molecular weight is 359 g/mol. The lowest BCUT2D eigenvalue weighted by atomic mass is 9.74. The molecule has 0 bridgehead atoms. The summed E-state index contributed by atoms with van der Waals surface area (Å²) in [6, 6.07) is 3.30. The molecular weight excluding hydrogens is 338 g/mol. The molecule has 0 spiro atoms. The van der Waals surface area contributed by atoms with Gasteiger partial charge < -0.3 is 10.2 Å². The molecule has 1 aromatic heterocycles. The predicted molar refractivity (Wildman–Crippen MR) is 85.8 cm³/mol. The third kappa shape index (κ3) is 3.05. The zero-order chi connectivity index (χ0) is 16.8. The number of aliphatic carboxylic acids is 1. The van der Waals surface area contributed by atoms with Crippen molar-refractivity contribution in [3.05, 3.63) is 17.0 Å². The number of thiophene rings is 1. The number of aryl methyl sites for hydroxylation is 1. The number of carboxylic acids is 1. The summed E-state index contributed by atoms with van der Waals surface area (Å²) in [6.45, 7) is 1.83. The first-order chi connectivity index (χ1) is 10.8. The Balaban J connectivity index is 1.91. The van der Waals surface area contributed by atoms with Crippen LogP contribution in [0.2, 0.25) is 0 Å². The predicted octanol–water partition coefficient (Wildman–Crippen LogP) is 1.68. The van der Waals surface area contributed by atoms with E-state index in [0.717, 1.165) is 17.7 Å². The van der Waals surface area contributed by atoms with Crippen LogP contribution >= 0.6 is 11.3 Å². The first-order valence-corrected chi connectivity index (χ1v) is 9.99. The van der Waals surface area contributed by atoms with Crippen LogP contribution < -0.4 is 0 Å². The van der Waals surface area contributed by atoms with Crippen molar-refractivity contribution >= 4 is 27.3 Å². The number of nitrogens with zero attached hydrogens (tertiary/aromatic N) is 1. The Bertz CT molecular complexity index is 709. The molecule has 0 unspecified atom stereocenters. The van der Waals surface area contributed by atoms with Gasteiger partial charge in [0.15, 0.2) is 0 Å². The second-order valence-corrected chi connectivity index (χ2v) is 10.1. The fourth-order valence-corrected chi connectivity index (χ4v) is 6.22. The highest BCUT2D eigenvalue weighted by Crippen LogP contribution is 2.46. The van der Waals surface area contributed by atoms with Crippen LogP contribution in [0.15, 0.2) is 16.3 Å². The molecule has 128 valence electrons. The van der Waals surface area contributed by atoms with E-state index in [-0.39, 0.29) is 29.6 Å². The van der Waals surface area contributed by atoms with Crippen LogP contribution in [0.4, 0.5) is 0 Å². The standard InChI is InChI=1S/C15H21NO5S2/c1-10-2-5-13(22-10)23(20,21)16-7-6-12(17)15(9-16,14(18)19)8-11-3-4-11/h2,5,11-12,17H,3-4,6-9H2,1H3,(H,18,19)/t12-,15-/m0/s1. The van der Waals surface area contributed by atoms with Gasteiger partial charge in [0, 0.05) is 18.0 Å². The van der Waals surface area contributed by atoms with Gasteiger partial charge in [-0.05, 0) is 37.8 Å². The molecule has 2 atom stereocenters. The minimum absolute atomic E-state index is 0.153. The zero-order valence-corrected chi connectivity index (χ0v) is 14.6. The van der Waals surface area contributed by atoms with Gasteiger partial charge in [0.1, 0.15) is 9.62 Å². The molecule has 1 aliphatic carbocycles. The van der Waals surface area contributed by atoms with E-state index in [0.29, 0.717) is 6.42 Å². The minimum Gasteiger partial charge on any atom is -0.481 e. The molecule has 8 heteroatoms.